The molecule has 2 fully saturated rings. The predicted molar refractivity (Wildman–Crippen MR) is 165 cm³/mol. The smallest absolute Gasteiger partial charge is 0.326 e. The van der Waals surface area contributed by atoms with Gasteiger partial charge in [0, 0.05) is 68.5 Å². The van der Waals surface area contributed by atoms with Crippen molar-refractivity contribution < 1.29 is 4.79 Å². The van der Waals surface area contributed by atoms with Gasteiger partial charge in [-0.15, -0.1) is 0 Å². The van der Waals surface area contributed by atoms with E-state index in [1.54, 1.807) is 0 Å². The fourth-order valence-electron chi connectivity index (χ4n) is 6.56. The van der Waals surface area contributed by atoms with Crippen molar-refractivity contribution in [3.63, 3.8) is 0 Å². The third-order valence-corrected chi connectivity index (χ3v) is 9.11. The molecule has 3 aromatic rings. The lowest BCUT2D eigenvalue weighted by atomic mass is 9.92. The number of nitrogens with one attached hydrogen (secondary N) is 1. The molecule has 2 amide bonds. The Morgan fingerprint density at radius 3 is 2.12 bits per heavy atom. The van der Waals surface area contributed by atoms with E-state index in [2.05, 4.69) is 64.2 Å². The molecule has 7 heteroatoms. The minimum Gasteiger partial charge on any atom is -0.333 e. The molecule has 1 N–H and O–H groups in total. The summed E-state index contributed by atoms with van der Waals surface area (Å²) in [6.45, 7) is 14.7. The number of carbonyl (C=O) groups is 1. The lowest BCUT2D eigenvalue weighted by Crippen LogP contribution is -2.48. The molecule has 6 nitrogen and oxygen atoms in total. The number of aryl methyl sites for hydroxylation is 2. The van der Waals surface area contributed by atoms with Crippen LogP contribution in [-0.2, 0) is 13.1 Å². The number of urea groups is 1. The summed E-state index contributed by atoms with van der Waals surface area (Å²) in [6, 6.07) is 18.7. The fourth-order valence-corrected chi connectivity index (χ4v) is 6.80. The number of hydrogen-bond acceptors (Lipinski definition) is 4. The van der Waals surface area contributed by atoms with Crippen LogP contribution in [0.4, 0.5) is 16.2 Å². The molecule has 0 bridgehead atoms. The Morgan fingerprint density at radius 2 is 1.43 bits per heavy atom. The Morgan fingerprint density at radius 1 is 0.775 bits per heavy atom. The van der Waals surface area contributed by atoms with Gasteiger partial charge in [0.1, 0.15) is 0 Å². The van der Waals surface area contributed by atoms with E-state index in [9.17, 15) is 4.79 Å². The largest absolute Gasteiger partial charge is 0.333 e. The second kappa shape index (κ2) is 11.9. The van der Waals surface area contributed by atoms with Crippen LogP contribution in [0.3, 0.4) is 0 Å². The van der Waals surface area contributed by atoms with Gasteiger partial charge < -0.3 is 10.2 Å². The van der Waals surface area contributed by atoms with E-state index >= 15 is 0 Å². The first-order chi connectivity index (χ1) is 19.5. The van der Waals surface area contributed by atoms with Crippen molar-refractivity contribution in [2.24, 2.45) is 0 Å². The molecule has 3 heterocycles. The summed E-state index contributed by atoms with van der Waals surface area (Å²) >= 11 is 6.75. The predicted octanol–water partition coefficient (Wildman–Crippen LogP) is 6.20. The molecule has 210 valence electrons. The van der Waals surface area contributed by atoms with Crippen LogP contribution in [0, 0.1) is 13.8 Å². The Labute approximate surface area is 243 Å². The summed E-state index contributed by atoms with van der Waals surface area (Å²) in [5.41, 5.74) is 8.49. The van der Waals surface area contributed by atoms with Crippen molar-refractivity contribution in [1.82, 2.24) is 20.0 Å². The van der Waals surface area contributed by atoms with E-state index in [-0.39, 0.29) is 6.03 Å². The first-order valence-electron chi connectivity index (χ1n) is 14.7. The van der Waals surface area contributed by atoms with E-state index in [0.717, 1.165) is 76.9 Å². The fraction of sp³-hybridized carbons (Fsp3) is 0.424. The molecule has 3 aliphatic rings. The Hall–Kier alpha value is -2.90. The minimum absolute atomic E-state index is 0.0845. The summed E-state index contributed by atoms with van der Waals surface area (Å²) in [7, 11) is 0. The van der Waals surface area contributed by atoms with E-state index in [0.29, 0.717) is 6.54 Å². The first-order valence-corrected chi connectivity index (χ1v) is 15.1. The second-order valence-corrected chi connectivity index (χ2v) is 11.9. The quantitative estimate of drug-likeness (QED) is 0.376. The number of halogens is 1. The highest BCUT2D eigenvalue weighted by Crippen LogP contribution is 2.42. The molecule has 0 unspecified atom stereocenters. The Kier molecular flexibility index (Phi) is 8.12. The van der Waals surface area contributed by atoms with Gasteiger partial charge in [-0.1, -0.05) is 48.0 Å². The van der Waals surface area contributed by atoms with Crippen LogP contribution in [-0.4, -0.2) is 73.1 Å². The lowest BCUT2D eigenvalue weighted by Gasteiger charge is -2.36. The number of amides is 2. The van der Waals surface area contributed by atoms with Crippen LogP contribution < -0.4 is 10.2 Å². The van der Waals surface area contributed by atoms with Crippen LogP contribution in [0.1, 0.15) is 35.1 Å². The van der Waals surface area contributed by atoms with E-state index in [4.69, 9.17) is 11.6 Å². The molecule has 6 rings (SSSR count). The normalized spacial score (nSPS) is 18.7. The third-order valence-electron chi connectivity index (χ3n) is 8.78. The van der Waals surface area contributed by atoms with Crippen molar-refractivity contribution in [2.75, 3.05) is 57.3 Å². The summed E-state index contributed by atoms with van der Waals surface area (Å²) in [5, 5.41) is 3.86. The molecular weight excluding hydrogens is 518 g/mol. The molecule has 40 heavy (non-hydrogen) atoms. The Bertz CT molecular complexity index is 1360. The molecule has 0 saturated carbocycles. The van der Waals surface area contributed by atoms with Gasteiger partial charge in [0.15, 0.2) is 0 Å². The maximum Gasteiger partial charge on any atom is 0.326 e. The topological polar surface area (TPSA) is 42.1 Å². The zero-order valence-corrected chi connectivity index (χ0v) is 24.5. The number of rotatable bonds is 7. The van der Waals surface area contributed by atoms with Gasteiger partial charge in [-0.3, -0.25) is 14.7 Å². The average Bonchev–Trinajstić information content (AvgIpc) is 3.47. The maximum atomic E-state index is 13.4. The molecule has 0 spiro atoms. The minimum atomic E-state index is -0.0845. The van der Waals surface area contributed by atoms with Gasteiger partial charge >= 0.3 is 6.03 Å². The van der Waals surface area contributed by atoms with Gasteiger partial charge in [0.05, 0.1) is 11.4 Å². The summed E-state index contributed by atoms with van der Waals surface area (Å²) in [6.07, 6.45) is 2.71. The highest BCUT2D eigenvalue weighted by atomic mass is 35.5. The van der Waals surface area contributed by atoms with Crippen LogP contribution in [0.25, 0.3) is 11.1 Å². The molecule has 0 aromatic heterocycles. The van der Waals surface area contributed by atoms with Crippen LogP contribution in [0.2, 0.25) is 5.02 Å². The van der Waals surface area contributed by atoms with Crippen molar-refractivity contribution in [1.29, 1.82) is 0 Å². The number of piperazine rings is 1. The summed E-state index contributed by atoms with van der Waals surface area (Å²) in [5.74, 6) is 0. The van der Waals surface area contributed by atoms with Crippen LogP contribution >= 0.6 is 11.6 Å². The van der Waals surface area contributed by atoms with Gasteiger partial charge in [-0.25, -0.2) is 4.79 Å². The molecule has 0 radical (unpaired) electrons. The van der Waals surface area contributed by atoms with E-state index in [1.807, 2.05) is 29.2 Å². The highest BCUT2D eigenvalue weighted by Gasteiger charge is 2.31. The van der Waals surface area contributed by atoms with Gasteiger partial charge in [-0.2, -0.15) is 0 Å². The van der Waals surface area contributed by atoms with Gasteiger partial charge in [-0.05, 0) is 80.2 Å². The standard InChI is InChI=1S/C33H40ClN5O/c1-24-8-7-9-25(2)32(24)39-31-21-26(23-38-18-16-37(17-19-38)15-14-36-12-5-6-13-36)20-28(29(31)22-35-33(39)40)27-10-3-4-11-30(27)34/h3-4,7-11,20-21H,5-6,12-19,22-23H2,1-2H3,(H,35,40). The number of hydrogen-bond donors (Lipinski definition) is 1. The number of nitrogens with zero attached hydrogens (tertiary/aromatic N) is 4. The zero-order chi connectivity index (χ0) is 27.6. The maximum absolute atomic E-state index is 13.4. The molecule has 0 aliphatic carbocycles. The van der Waals surface area contributed by atoms with Crippen molar-refractivity contribution >= 4 is 29.0 Å². The number of benzene rings is 3. The molecule has 3 aliphatic heterocycles. The zero-order valence-electron chi connectivity index (χ0n) is 23.8. The monoisotopic (exact) mass is 557 g/mol. The van der Waals surface area contributed by atoms with E-state index < -0.39 is 0 Å². The number of para-hydroxylation sites is 1. The molecule has 0 atom stereocenters. The molecule has 2 saturated heterocycles. The van der Waals surface area contributed by atoms with Crippen molar-refractivity contribution in [2.45, 2.75) is 39.8 Å². The van der Waals surface area contributed by atoms with Crippen molar-refractivity contribution in [3.05, 3.63) is 81.9 Å². The van der Waals surface area contributed by atoms with Crippen molar-refractivity contribution in [3.8, 4) is 11.1 Å². The first kappa shape index (κ1) is 27.3. The number of carbonyl (C=O) groups excluding carboxylic acids is 1. The van der Waals surface area contributed by atoms with E-state index in [1.165, 1.54) is 44.6 Å². The summed E-state index contributed by atoms with van der Waals surface area (Å²) < 4.78 is 0. The molecular formula is C33H40ClN5O. The van der Waals surface area contributed by atoms with Crippen LogP contribution in [0.5, 0.6) is 0 Å². The number of fused-ring (bicyclic) bond motifs is 1. The molecule has 3 aromatic carbocycles. The lowest BCUT2D eigenvalue weighted by molar-refractivity contribution is 0.117. The SMILES string of the molecule is Cc1cccc(C)c1N1C(=O)NCc2c(-c3ccccc3Cl)cc(CN3CCN(CCN4CCCC4)CC3)cc21. The number of anilines is 2. The average molecular weight is 558 g/mol. The van der Waals surface area contributed by atoms with Gasteiger partial charge in [0.2, 0.25) is 0 Å². The second-order valence-electron chi connectivity index (χ2n) is 11.5. The third kappa shape index (κ3) is 5.64. The number of likely N-dealkylation sites (tertiary alicyclic amines) is 1. The summed E-state index contributed by atoms with van der Waals surface area (Å²) in [4.78, 5) is 23.1. The van der Waals surface area contributed by atoms with Gasteiger partial charge in [0.25, 0.3) is 0 Å². The highest BCUT2D eigenvalue weighted by molar-refractivity contribution is 6.33. The Balaban J connectivity index is 1.30. The van der Waals surface area contributed by atoms with Crippen LogP contribution in [0.15, 0.2) is 54.6 Å².